The zero-order chi connectivity index (χ0) is 23.2. The van der Waals surface area contributed by atoms with Gasteiger partial charge in [-0.05, 0) is 68.6 Å². The lowest BCUT2D eigenvalue weighted by Crippen LogP contribution is -2.58. The molecule has 0 bridgehead atoms. The minimum atomic E-state index is -1.10. The van der Waals surface area contributed by atoms with E-state index in [0.717, 1.165) is 25.1 Å². The third-order valence-corrected chi connectivity index (χ3v) is 7.27. The van der Waals surface area contributed by atoms with Crippen LogP contribution < -0.4 is 0 Å². The Bertz CT molecular complexity index is 788. The van der Waals surface area contributed by atoms with E-state index in [9.17, 15) is 9.90 Å². The monoisotopic (exact) mass is 448 g/mol. The maximum atomic E-state index is 14.0. The van der Waals surface area contributed by atoms with Crippen molar-refractivity contribution in [2.75, 3.05) is 26.2 Å². The van der Waals surface area contributed by atoms with E-state index in [0.29, 0.717) is 31.0 Å². The summed E-state index contributed by atoms with van der Waals surface area (Å²) in [5, 5.41) is 12.7. The van der Waals surface area contributed by atoms with Crippen molar-refractivity contribution in [2.24, 2.45) is 10.8 Å². The van der Waals surface area contributed by atoms with Crippen molar-refractivity contribution >= 4 is 17.5 Å². The topological polar surface area (TPSA) is 43.8 Å². The summed E-state index contributed by atoms with van der Waals surface area (Å²) in [6, 6.07) is 7.53. The average Bonchev–Trinajstić information content (AvgIpc) is 2.58. The molecule has 2 aliphatic rings. The Balaban J connectivity index is 1.95. The van der Waals surface area contributed by atoms with Crippen molar-refractivity contribution in [3.8, 4) is 0 Å². The summed E-state index contributed by atoms with van der Waals surface area (Å²) in [7, 11) is 0. The molecule has 1 unspecified atom stereocenters. The molecule has 1 saturated heterocycles. The van der Waals surface area contributed by atoms with Crippen LogP contribution in [0.25, 0.3) is 0 Å². The van der Waals surface area contributed by atoms with E-state index >= 15 is 0 Å². The molecule has 0 radical (unpaired) electrons. The van der Waals surface area contributed by atoms with Crippen LogP contribution in [0, 0.1) is 10.8 Å². The lowest BCUT2D eigenvalue weighted by Gasteiger charge is -2.53. The minimum absolute atomic E-state index is 0.0341. The fraction of sp³-hybridized carbons (Fsp3) is 0.731. The molecule has 1 aliphatic heterocycles. The van der Waals surface area contributed by atoms with Crippen LogP contribution in [0.3, 0.4) is 0 Å². The number of piperazine rings is 1. The van der Waals surface area contributed by atoms with Gasteiger partial charge in [-0.15, -0.1) is 0 Å². The van der Waals surface area contributed by atoms with Gasteiger partial charge in [0.2, 0.25) is 5.91 Å². The molecule has 5 heteroatoms. The maximum absolute atomic E-state index is 14.0. The summed E-state index contributed by atoms with van der Waals surface area (Å²) in [4.78, 5) is 18.4. The predicted molar refractivity (Wildman–Crippen MR) is 128 cm³/mol. The molecule has 1 aromatic carbocycles. The number of halogens is 1. The molecule has 1 saturated carbocycles. The summed E-state index contributed by atoms with van der Waals surface area (Å²) < 4.78 is 0. The molecule has 174 valence electrons. The fourth-order valence-corrected chi connectivity index (χ4v) is 6.69. The van der Waals surface area contributed by atoms with Crippen LogP contribution in [0.15, 0.2) is 24.3 Å². The number of aliphatic hydroxyl groups is 1. The first-order valence-corrected chi connectivity index (χ1v) is 12.0. The maximum Gasteiger partial charge on any atom is 0.233 e. The summed E-state index contributed by atoms with van der Waals surface area (Å²) in [5.74, 6) is -0.571. The standard InChI is InChI=1S/C26H41ClN2O2/c1-23(2,3)29-13-11-28(12-14-29)22(30)21(19-9-8-10-20(27)15-19)26(31)17-24(4,5)16-25(6,7)18-26/h8-10,15,21,31H,11-14,16-18H2,1-7H3. The molecule has 1 atom stereocenters. The Morgan fingerprint density at radius 2 is 1.55 bits per heavy atom. The van der Waals surface area contributed by atoms with Crippen LogP contribution in [-0.4, -0.2) is 58.1 Å². The molecule has 1 N–H and O–H groups in total. The number of hydrogen-bond donors (Lipinski definition) is 1. The second kappa shape index (κ2) is 8.35. The normalized spacial score (nSPS) is 24.6. The van der Waals surface area contributed by atoms with Crippen molar-refractivity contribution in [1.29, 1.82) is 0 Å². The third-order valence-electron chi connectivity index (χ3n) is 7.03. The number of nitrogens with zero attached hydrogens (tertiary/aromatic N) is 2. The van der Waals surface area contributed by atoms with Gasteiger partial charge < -0.3 is 10.0 Å². The quantitative estimate of drug-likeness (QED) is 0.679. The van der Waals surface area contributed by atoms with Crippen LogP contribution >= 0.6 is 11.6 Å². The van der Waals surface area contributed by atoms with E-state index in [1.807, 2.05) is 29.2 Å². The molecular weight excluding hydrogens is 408 g/mol. The third kappa shape index (κ3) is 5.64. The van der Waals surface area contributed by atoms with Gasteiger partial charge in [0.25, 0.3) is 0 Å². The number of hydrogen-bond acceptors (Lipinski definition) is 3. The van der Waals surface area contributed by atoms with E-state index in [2.05, 4.69) is 53.4 Å². The van der Waals surface area contributed by atoms with Crippen molar-refractivity contribution in [3.05, 3.63) is 34.9 Å². The average molecular weight is 449 g/mol. The molecule has 1 aliphatic carbocycles. The van der Waals surface area contributed by atoms with Crippen LogP contribution in [0.2, 0.25) is 5.02 Å². The lowest BCUT2D eigenvalue weighted by atomic mass is 9.56. The van der Waals surface area contributed by atoms with Gasteiger partial charge in [0.05, 0.1) is 11.5 Å². The van der Waals surface area contributed by atoms with Crippen molar-refractivity contribution in [3.63, 3.8) is 0 Å². The number of rotatable bonds is 3. The van der Waals surface area contributed by atoms with Gasteiger partial charge in [-0.25, -0.2) is 0 Å². The minimum Gasteiger partial charge on any atom is -0.389 e. The van der Waals surface area contributed by atoms with Gasteiger partial charge in [-0.2, -0.15) is 0 Å². The summed E-state index contributed by atoms with van der Waals surface area (Å²) in [6.45, 7) is 18.6. The number of carbonyl (C=O) groups is 1. The smallest absolute Gasteiger partial charge is 0.233 e. The molecule has 1 aromatic rings. The SMILES string of the molecule is CC1(C)CC(C)(C)CC(O)(C(C(=O)N2CCN(C(C)(C)C)CC2)c2cccc(Cl)c2)C1. The van der Waals surface area contributed by atoms with Crippen molar-refractivity contribution < 1.29 is 9.90 Å². The van der Waals surface area contributed by atoms with Crippen molar-refractivity contribution in [2.45, 2.75) is 84.8 Å². The summed E-state index contributed by atoms with van der Waals surface area (Å²) in [6.07, 6.45) is 2.24. The van der Waals surface area contributed by atoms with Gasteiger partial charge in [-0.3, -0.25) is 9.69 Å². The van der Waals surface area contributed by atoms with Crippen LogP contribution in [0.5, 0.6) is 0 Å². The molecule has 3 rings (SSSR count). The van der Waals surface area contributed by atoms with E-state index in [1.165, 1.54) is 0 Å². The Labute approximate surface area is 193 Å². The second-order valence-electron chi connectivity index (χ2n) is 12.4. The number of benzene rings is 1. The van der Waals surface area contributed by atoms with Gasteiger partial charge in [0.1, 0.15) is 0 Å². The molecule has 0 aromatic heterocycles. The first-order valence-electron chi connectivity index (χ1n) is 11.6. The highest BCUT2D eigenvalue weighted by atomic mass is 35.5. The Hall–Kier alpha value is -1.10. The van der Waals surface area contributed by atoms with Gasteiger partial charge >= 0.3 is 0 Å². The fourth-order valence-electron chi connectivity index (χ4n) is 6.49. The van der Waals surface area contributed by atoms with E-state index in [1.54, 1.807) is 0 Å². The van der Waals surface area contributed by atoms with Gasteiger partial charge in [0.15, 0.2) is 0 Å². The second-order valence-corrected chi connectivity index (χ2v) is 12.9. The van der Waals surface area contributed by atoms with Gasteiger partial charge in [-0.1, -0.05) is 51.4 Å². The summed E-state index contributed by atoms with van der Waals surface area (Å²) in [5.41, 5.74) is -0.269. The summed E-state index contributed by atoms with van der Waals surface area (Å²) >= 11 is 6.33. The Morgan fingerprint density at radius 3 is 2.03 bits per heavy atom. The molecule has 1 amide bonds. The Kier molecular flexibility index (Phi) is 6.61. The van der Waals surface area contributed by atoms with Crippen LogP contribution in [-0.2, 0) is 4.79 Å². The highest BCUT2D eigenvalue weighted by Crippen LogP contribution is 2.54. The number of amides is 1. The van der Waals surface area contributed by atoms with Crippen LogP contribution in [0.1, 0.15) is 79.2 Å². The van der Waals surface area contributed by atoms with Crippen molar-refractivity contribution in [1.82, 2.24) is 9.80 Å². The van der Waals surface area contributed by atoms with E-state index in [4.69, 9.17) is 11.6 Å². The largest absolute Gasteiger partial charge is 0.389 e. The first-order chi connectivity index (χ1) is 14.1. The molecule has 4 nitrogen and oxygen atoms in total. The predicted octanol–water partition coefficient (Wildman–Crippen LogP) is 5.33. The van der Waals surface area contributed by atoms with Gasteiger partial charge in [0, 0.05) is 36.7 Å². The molecule has 1 heterocycles. The highest BCUT2D eigenvalue weighted by molar-refractivity contribution is 6.30. The van der Waals surface area contributed by atoms with E-state index < -0.39 is 11.5 Å². The first kappa shape index (κ1) is 24.5. The van der Waals surface area contributed by atoms with E-state index in [-0.39, 0.29) is 22.3 Å². The lowest BCUT2D eigenvalue weighted by molar-refractivity contribution is -0.152. The number of carbonyl (C=O) groups excluding carboxylic acids is 1. The molecule has 31 heavy (non-hydrogen) atoms. The Morgan fingerprint density at radius 1 is 1.00 bits per heavy atom. The molecule has 2 fully saturated rings. The molecule has 0 spiro atoms. The zero-order valence-electron chi connectivity index (χ0n) is 20.5. The zero-order valence-corrected chi connectivity index (χ0v) is 21.2. The highest BCUT2D eigenvalue weighted by Gasteiger charge is 2.53. The molecular formula is C26H41ClN2O2. The van der Waals surface area contributed by atoms with Crippen LogP contribution in [0.4, 0.5) is 0 Å².